The second-order valence-corrected chi connectivity index (χ2v) is 2.99. The van der Waals surface area contributed by atoms with Crippen LogP contribution in [0.15, 0.2) is 18.2 Å². The van der Waals surface area contributed by atoms with Gasteiger partial charge in [0.2, 0.25) is 0 Å². The number of aromatic nitrogens is 2. The number of hydrogen-bond donors (Lipinski definition) is 3. The van der Waals surface area contributed by atoms with Crippen LogP contribution in [0, 0.1) is 0 Å². The number of aromatic amines is 1. The molecular formula is C9H7N3O3. The molecular weight excluding hydrogens is 198 g/mol. The molecule has 0 aliphatic carbocycles. The normalized spacial score (nSPS) is 10.4. The second-order valence-electron chi connectivity index (χ2n) is 2.99. The van der Waals surface area contributed by atoms with Crippen LogP contribution in [0.4, 0.5) is 0 Å². The zero-order chi connectivity index (χ0) is 11.0. The zero-order valence-electron chi connectivity index (χ0n) is 7.52. The van der Waals surface area contributed by atoms with E-state index < -0.39 is 11.9 Å². The Kier molecular flexibility index (Phi) is 1.89. The maximum Gasteiger partial charge on any atom is 0.335 e. The predicted molar refractivity (Wildman–Crippen MR) is 51.6 cm³/mol. The van der Waals surface area contributed by atoms with Crippen molar-refractivity contribution in [3.8, 4) is 0 Å². The number of fused-ring (bicyclic) bond motifs is 1. The molecule has 1 amide bonds. The topological polar surface area (TPSA) is 109 Å². The van der Waals surface area contributed by atoms with E-state index in [4.69, 9.17) is 10.8 Å². The van der Waals surface area contributed by atoms with Crippen LogP contribution >= 0.6 is 0 Å². The van der Waals surface area contributed by atoms with E-state index in [0.29, 0.717) is 11.0 Å². The third kappa shape index (κ3) is 1.52. The zero-order valence-corrected chi connectivity index (χ0v) is 7.52. The number of imidazole rings is 1. The van der Waals surface area contributed by atoms with Crippen molar-refractivity contribution in [3.63, 3.8) is 0 Å². The van der Waals surface area contributed by atoms with Crippen LogP contribution in [-0.2, 0) is 0 Å². The number of rotatable bonds is 2. The van der Waals surface area contributed by atoms with E-state index in [1.165, 1.54) is 18.2 Å². The summed E-state index contributed by atoms with van der Waals surface area (Å²) in [5.74, 6) is -1.70. The van der Waals surface area contributed by atoms with Crippen molar-refractivity contribution in [3.05, 3.63) is 29.6 Å². The van der Waals surface area contributed by atoms with Crippen LogP contribution in [0.5, 0.6) is 0 Å². The number of carboxylic acid groups (broad SMARTS) is 1. The van der Waals surface area contributed by atoms with E-state index in [1.807, 2.05) is 0 Å². The molecule has 0 radical (unpaired) electrons. The summed E-state index contributed by atoms with van der Waals surface area (Å²) in [6.07, 6.45) is 0. The maximum absolute atomic E-state index is 10.8. The Morgan fingerprint density at radius 1 is 1.40 bits per heavy atom. The van der Waals surface area contributed by atoms with Gasteiger partial charge >= 0.3 is 5.97 Å². The summed E-state index contributed by atoms with van der Waals surface area (Å²) in [7, 11) is 0. The Morgan fingerprint density at radius 2 is 2.13 bits per heavy atom. The van der Waals surface area contributed by atoms with Gasteiger partial charge in [0.05, 0.1) is 16.6 Å². The predicted octanol–water partition coefficient (Wildman–Crippen LogP) is 0.360. The highest BCUT2D eigenvalue weighted by Gasteiger charge is 2.09. The lowest BCUT2D eigenvalue weighted by Gasteiger charge is -1.92. The quantitative estimate of drug-likeness (QED) is 0.657. The third-order valence-electron chi connectivity index (χ3n) is 1.96. The van der Waals surface area contributed by atoms with Gasteiger partial charge in [0.25, 0.3) is 5.91 Å². The number of carbonyl (C=O) groups is 2. The molecule has 1 aromatic heterocycles. The lowest BCUT2D eigenvalue weighted by Crippen LogP contribution is -2.12. The van der Waals surface area contributed by atoms with Gasteiger partial charge in [-0.3, -0.25) is 4.79 Å². The number of carbonyl (C=O) groups excluding carboxylic acids is 1. The van der Waals surface area contributed by atoms with Gasteiger partial charge in [-0.2, -0.15) is 0 Å². The van der Waals surface area contributed by atoms with Gasteiger partial charge in [-0.05, 0) is 18.2 Å². The number of nitrogens with one attached hydrogen (secondary N) is 1. The molecule has 1 aromatic carbocycles. The summed E-state index contributed by atoms with van der Waals surface area (Å²) in [5.41, 5.74) is 6.13. The van der Waals surface area contributed by atoms with Crippen molar-refractivity contribution >= 4 is 22.9 Å². The molecule has 0 aliphatic heterocycles. The monoisotopic (exact) mass is 205 g/mol. The van der Waals surface area contributed by atoms with Gasteiger partial charge in [-0.15, -0.1) is 0 Å². The Balaban J connectivity index is 2.62. The molecule has 0 fully saturated rings. The molecule has 6 nitrogen and oxygen atoms in total. The van der Waals surface area contributed by atoms with Crippen molar-refractivity contribution in [1.29, 1.82) is 0 Å². The SMILES string of the molecule is NC(=O)c1nc2cc(C(=O)O)ccc2[nH]1. The Bertz CT molecular complexity index is 547. The number of H-pyrrole nitrogens is 1. The van der Waals surface area contributed by atoms with E-state index in [9.17, 15) is 9.59 Å². The minimum atomic E-state index is -1.04. The van der Waals surface area contributed by atoms with Crippen molar-refractivity contribution in [2.45, 2.75) is 0 Å². The van der Waals surface area contributed by atoms with Gasteiger partial charge in [0.1, 0.15) is 0 Å². The molecule has 0 aliphatic rings. The van der Waals surface area contributed by atoms with E-state index >= 15 is 0 Å². The number of amides is 1. The van der Waals surface area contributed by atoms with Gasteiger partial charge < -0.3 is 15.8 Å². The van der Waals surface area contributed by atoms with Crippen LogP contribution in [0.25, 0.3) is 11.0 Å². The summed E-state index contributed by atoms with van der Waals surface area (Å²) in [4.78, 5) is 28.0. The van der Waals surface area contributed by atoms with Gasteiger partial charge in [0.15, 0.2) is 5.82 Å². The Morgan fingerprint density at radius 3 is 2.73 bits per heavy atom. The van der Waals surface area contributed by atoms with Crippen LogP contribution in [0.1, 0.15) is 21.0 Å². The third-order valence-corrected chi connectivity index (χ3v) is 1.96. The second kappa shape index (κ2) is 3.09. The molecule has 4 N–H and O–H groups in total. The lowest BCUT2D eigenvalue weighted by atomic mass is 10.2. The minimum Gasteiger partial charge on any atom is -0.478 e. The number of hydrogen-bond acceptors (Lipinski definition) is 3. The summed E-state index contributed by atoms with van der Waals surface area (Å²) < 4.78 is 0. The number of primary amides is 1. The average molecular weight is 205 g/mol. The molecule has 0 atom stereocenters. The first-order valence-electron chi connectivity index (χ1n) is 4.11. The van der Waals surface area contributed by atoms with Crippen molar-refractivity contribution in [1.82, 2.24) is 9.97 Å². The van der Waals surface area contributed by atoms with Gasteiger partial charge in [-0.25, -0.2) is 9.78 Å². The molecule has 0 spiro atoms. The standard InChI is InChI=1S/C9H7N3O3/c10-7(13)8-11-5-2-1-4(9(14)15)3-6(5)12-8/h1-3H,(H2,10,13)(H,11,12)(H,14,15). The molecule has 0 saturated heterocycles. The van der Waals surface area contributed by atoms with E-state index in [-0.39, 0.29) is 11.4 Å². The minimum absolute atomic E-state index is 0.0209. The fraction of sp³-hybridized carbons (Fsp3) is 0. The van der Waals surface area contributed by atoms with Crippen molar-refractivity contribution < 1.29 is 14.7 Å². The summed E-state index contributed by atoms with van der Waals surface area (Å²) in [6, 6.07) is 4.34. The highest BCUT2D eigenvalue weighted by Crippen LogP contribution is 2.13. The highest BCUT2D eigenvalue weighted by atomic mass is 16.4. The first kappa shape index (κ1) is 9.20. The van der Waals surface area contributed by atoms with E-state index in [1.54, 1.807) is 0 Å². The van der Waals surface area contributed by atoms with Crippen LogP contribution in [0.3, 0.4) is 0 Å². The van der Waals surface area contributed by atoms with Crippen molar-refractivity contribution in [2.75, 3.05) is 0 Å². The first-order valence-corrected chi connectivity index (χ1v) is 4.11. The summed E-state index contributed by atoms with van der Waals surface area (Å²) in [5, 5.41) is 8.73. The van der Waals surface area contributed by atoms with Crippen LogP contribution < -0.4 is 5.73 Å². The number of benzene rings is 1. The Hall–Kier alpha value is -2.37. The molecule has 0 unspecified atom stereocenters. The lowest BCUT2D eigenvalue weighted by molar-refractivity contribution is 0.0697. The van der Waals surface area contributed by atoms with Crippen LogP contribution in [0.2, 0.25) is 0 Å². The number of nitrogens with two attached hydrogens (primary N) is 1. The number of carboxylic acids is 1. The Labute approximate surface area is 83.7 Å². The smallest absolute Gasteiger partial charge is 0.335 e. The van der Waals surface area contributed by atoms with Gasteiger partial charge in [-0.1, -0.05) is 0 Å². The van der Waals surface area contributed by atoms with Crippen molar-refractivity contribution in [2.24, 2.45) is 5.73 Å². The molecule has 2 rings (SSSR count). The largest absolute Gasteiger partial charge is 0.478 e. The molecule has 15 heavy (non-hydrogen) atoms. The number of aromatic carboxylic acids is 1. The van der Waals surface area contributed by atoms with Crippen LogP contribution in [-0.4, -0.2) is 27.0 Å². The molecule has 0 saturated carbocycles. The molecule has 1 heterocycles. The fourth-order valence-corrected chi connectivity index (χ4v) is 1.26. The average Bonchev–Trinajstić information content (AvgIpc) is 2.59. The van der Waals surface area contributed by atoms with Gasteiger partial charge in [0, 0.05) is 0 Å². The summed E-state index contributed by atoms with van der Waals surface area (Å²) >= 11 is 0. The molecule has 0 bridgehead atoms. The molecule has 2 aromatic rings. The highest BCUT2D eigenvalue weighted by molar-refractivity contribution is 5.96. The van der Waals surface area contributed by atoms with E-state index in [2.05, 4.69) is 9.97 Å². The maximum atomic E-state index is 10.8. The van der Waals surface area contributed by atoms with E-state index in [0.717, 1.165) is 0 Å². The number of nitrogens with zero attached hydrogens (tertiary/aromatic N) is 1. The molecule has 76 valence electrons. The first-order chi connectivity index (χ1) is 7.08. The fourth-order valence-electron chi connectivity index (χ4n) is 1.26. The molecule has 6 heteroatoms. The summed E-state index contributed by atoms with van der Waals surface area (Å²) in [6.45, 7) is 0.